The maximum absolute atomic E-state index is 12.6. The highest BCUT2D eigenvalue weighted by Gasteiger charge is 2.60. The van der Waals surface area contributed by atoms with Gasteiger partial charge in [0.25, 0.3) is 0 Å². The molecule has 3 aliphatic carbocycles. The predicted octanol–water partition coefficient (Wildman–Crippen LogP) is 5.89. The average Bonchev–Trinajstić information content (AvgIpc) is 3.30. The van der Waals surface area contributed by atoms with Crippen molar-refractivity contribution < 1.29 is 4.79 Å². The highest BCUT2D eigenvalue weighted by molar-refractivity contribution is 5.77. The van der Waals surface area contributed by atoms with E-state index in [1.54, 1.807) is 5.57 Å². The van der Waals surface area contributed by atoms with Crippen LogP contribution in [0.5, 0.6) is 0 Å². The topological polar surface area (TPSA) is 33.2 Å². The Morgan fingerprint density at radius 1 is 1.13 bits per heavy atom. The first-order valence-corrected chi connectivity index (χ1v) is 12.4. The summed E-state index contributed by atoms with van der Waals surface area (Å²) >= 11 is 0. The van der Waals surface area contributed by atoms with Crippen molar-refractivity contribution in [2.75, 3.05) is 6.54 Å². The molecule has 30 heavy (non-hydrogen) atoms. The molecule has 3 nitrogen and oxygen atoms in total. The highest BCUT2D eigenvalue weighted by Crippen LogP contribution is 2.66. The Morgan fingerprint density at radius 3 is 2.73 bits per heavy atom. The quantitative estimate of drug-likeness (QED) is 0.627. The second-order valence-electron chi connectivity index (χ2n) is 10.9. The third kappa shape index (κ3) is 2.76. The van der Waals surface area contributed by atoms with Crippen molar-refractivity contribution in [1.82, 2.24) is 9.88 Å². The molecule has 1 saturated heterocycles. The fourth-order valence-corrected chi connectivity index (χ4v) is 8.16. The molecule has 0 N–H and O–H groups in total. The van der Waals surface area contributed by atoms with Crippen LogP contribution in [-0.4, -0.2) is 28.4 Å². The summed E-state index contributed by atoms with van der Waals surface area (Å²) in [5.41, 5.74) is 4.87. The molecular formula is C27H38N2O. The molecule has 0 spiro atoms. The smallest absolute Gasteiger partial charge is 0.222 e. The van der Waals surface area contributed by atoms with Gasteiger partial charge in [-0.05, 0) is 96.3 Å². The Kier molecular flexibility index (Phi) is 4.87. The van der Waals surface area contributed by atoms with Gasteiger partial charge >= 0.3 is 0 Å². The maximum Gasteiger partial charge on any atom is 0.222 e. The lowest BCUT2D eigenvalue weighted by molar-refractivity contribution is -0.136. The number of nitrogens with zero attached hydrogens (tertiary/aromatic N) is 2. The van der Waals surface area contributed by atoms with E-state index in [4.69, 9.17) is 0 Å². The summed E-state index contributed by atoms with van der Waals surface area (Å²) in [6.45, 7) is 10.3. The molecular weight excluding hydrogens is 368 g/mol. The van der Waals surface area contributed by atoms with Gasteiger partial charge in [-0.15, -0.1) is 0 Å². The lowest BCUT2D eigenvalue weighted by Gasteiger charge is -2.57. The predicted molar refractivity (Wildman–Crippen MR) is 122 cm³/mol. The molecule has 1 aromatic heterocycles. The van der Waals surface area contributed by atoms with Gasteiger partial charge in [0.15, 0.2) is 0 Å². The van der Waals surface area contributed by atoms with Crippen molar-refractivity contribution in [3.8, 4) is 0 Å². The Morgan fingerprint density at radius 2 is 1.97 bits per heavy atom. The van der Waals surface area contributed by atoms with Crippen molar-refractivity contribution in [1.29, 1.82) is 0 Å². The molecule has 0 bridgehead atoms. The monoisotopic (exact) mass is 406 g/mol. The fraction of sp³-hybridized carbons (Fsp3) is 0.704. The fourth-order valence-electron chi connectivity index (χ4n) is 8.16. The van der Waals surface area contributed by atoms with Gasteiger partial charge < -0.3 is 4.90 Å². The van der Waals surface area contributed by atoms with E-state index in [2.05, 4.69) is 49.0 Å². The van der Waals surface area contributed by atoms with Crippen LogP contribution in [0.25, 0.3) is 5.57 Å². The molecule has 1 amide bonds. The van der Waals surface area contributed by atoms with Gasteiger partial charge in [-0.25, -0.2) is 0 Å². The van der Waals surface area contributed by atoms with Gasteiger partial charge in [-0.1, -0.05) is 33.8 Å². The third-order valence-corrected chi connectivity index (χ3v) is 9.80. The number of likely N-dealkylation sites (tertiary alicyclic amines) is 1. The Bertz CT molecular complexity index is 875. The van der Waals surface area contributed by atoms with Crippen LogP contribution in [0.15, 0.2) is 24.5 Å². The van der Waals surface area contributed by atoms with Crippen molar-refractivity contribution in [2.45, 2.75) is 85.1 Å². The Balaban J connectivity index is 1.42. The van der Waals surface area contributed by atoms with Crippen LogP contribution >= 0.6 is 0 Å². The normalized spacial score (nSPS) is 39.9. The van der Waals surface area contributed by atoms with Crippen molar-refractivity contribution in [3.05, 3.63) is 35.7 Å². The summed E-state index contributed by atoms with van der Waals surface area (Å²) in [5.74, 6) is 2.70. The Hall–Kier alpha value is -1.64. The van der Waals surface area contributed by atoms with E-state index in [-0.39, 0.29) is 5.41 Å². The SMILES string of the molecule is CCC(=O)N1CC[C@@]2(C)C1CC[C@@H]1[C@@H]2CC[C@]2(C)C(c3cncc(CC)c3)=CC[C@@H]12. The van der Waals surface area contributed by atoms with E-state index in [1.807, 2.05) is 13.1 Å². The second kappa shape index (κ2) is 7.21. The van der Waals surface area contributed by atoms with E-state index in [9.17, 15) is 4.79 Å². The second-order valence-corrected chi connectivity index (χ2v) is 10.9. The van der Waals surface area contributed by atoms with Gasteiger partial charge in [-0.2, -0.15) is 0 Å². The van der Waals surface area contributed by atoms with E-state index in [1.165, 1.54) is 49.7 Å². The number of hydrogen-bond donors (Lipinski definition) is 0. The number of fused-ring (bicyclic) bond motifs is 5. The molecule has 3 fully saturated rings. The molecule has 1 unspecified atom stereocenters. The highest BCUT2D eigenvalue weighted by atomic mass is 16.2. The number of rotatable bonds is 3. The number of hydrogen-bond acceptors (Lipinski definition) is 2. The molecule has 2 heterocycles. The van der Waals surface area contributed by atoms with Gasteiger partial charge in [0.2, 0.25) is 5.91 Å². The van der Waals surface area contributed by atoms with Crippen LogP contribution in [0.1, 0.15) is 83.8 Å². The summed E-state index contributed by atoms with van der Waals surface area (Å²) in [6, 6.07) is 2.86. The van der Waals surface area contributed by atoms with Crippen molar-refractivity contribution >= 4 is 11.5 Å². The molecule has 2 saturated carbocycles. The zero-order valence-electron chi connectivity index (χ0n) is 19.3. The van der Waals surface area contributed by atoms with Gasteiger partial charge in [0.05, 0.1) is 0 Å². The van der Waals surface area contributed by atoms with Gasteiger partial charge in [-0.3, -0.25) is 9.78 Å². The van der Waals surface area contributed by atoms with E-state index in [0.717, 1.165) is 30.7 Å². The van der Waals surface area contributed by atoms with Crippen LogP contribution in [-0.2, 0) is 11.2 Å². The van der Waals surface area contributed by atoms with Gasteiger partial charge in [0, 0.05) is 31.4 Å². The largest absolute Gasteiger partial charge is 0.339 e. The maximum atomic E-state index is 12.6. The molecule has 6 atom stereocenters. The average molecular weight is 407 g/mol. The number of pyridine rings is 1. The van der Waals surface area contributed by atoms with Crippen LogP contribution in [0, 0.1) is 28.6 Å². The number of carbonyl (C=O) groups is 1. The number of allylic oxidation sites excluding steroid dienone is 2. The molecule has 1 aromatic rings. The van der Waals surface area contributed by atoms with Crippen molar-refractivity contribution in [2.24, 2.45) is 28.6 Å². The first-order chi connectivity index (χ1) is 14.4. The minimum Gasteiger partial charge on any atom is -0.339 e. The van der Waals surface area contributed by atoms with Crippen LogP contribution < -0.4 is 0 Å². The minimum atomic E-state index is 0.288. The van der Waals surface area contributed by atoms with Crippen LogP contribution in [0.4, 0.5) is 0 Å². The molecule has 3 heteroatoms. The molecule has 1 aliphatic heterocycles. The summed E-state index contributed by atoms with van der Waals surface area (Å²) in [4.78, 5) is 19.4. The summed E-state index contributed by atoms with van der Waals surface area (Å²) in [7, 11) is 0. The number of carbonyl (C=O) groups excluding carboxylic acids is 1. The van der Waals surface area contributed by atoms with Crippen LogP contribution in [0.2, 0.25) is 0 Å². The van der Waals surface area contributed by atoms with E-state index < -0.39 is 0 Å². The Labute approximate surface area is 182 Å². The molecule has 0 aromatic carbocycles. The summed E-state index contributed by atoms with van der Waals surface area (Å²) in [5, 5.41) is 0. The number of aromatic nitrogens is 1. The third-order valence-electron chi connectivity index (χ3n) is 9.80. The zero-order valence-corrected chi connectivity index (χ0v) is 19.3. The summed E-state index contributed by atoms with van der Waals surface area (Å²) in [6.07, 6.45) is 15.9. The lowest BCUT2D eigenvalue weighted by Crippen LogP contribution is -2.54. The van der Waals surface area contributed by atoms with E-state index in [0.29, 0.717) is 23.8 Å². The molecule has 0 radical (unpaired) electrons. The molecule has 162 valence electrons. The zero-order chi connectivity index (χ0) is 21.1. The lowest BCUT2D eigenvalue weighted by atomic mass is 9.48. The van der Waals surface area contributed by atoms with Crippen molar-refractivity contribution in [3.63, 3.8) is 0 Å². The summed E-state index contributed by atoms with van der Waals surface area (Å²) < 4.78 is 0. The van der Waals surface area contributed by atoms with Crippen LogP contribution in [0.3, 0.4) is 0 Å². The van der Waals surface area contributed by atoms with Gasteiger partial charge in [0.1, 0.15) is 0 Å². The molecule has 4 aliphatic rings. The number of aryl methyl sites for hydroxylation is 1. The first-order valence-electron chi connectivity index (χ1n) is 12.4. The molecule has 5 rings (SSSR count). The first kappa shape index (κ1) is 20.3. The minimum absolute atomic E-state index is 0.288. The standard InChI is InChI=1S/C27H38N2O/c1-5-18-15-19(17-28-16-18)21-8-9-22-20-7-10-24-27(4,13-14-29(24)25(30)6-2)23(20)11-12-26(21,22)3/h8,15-17,20,22-24H,5-7,9-14H2,1-4H3/t20-,22-,23-,24?,26+,27+/m0/s1. The van der Waals surface area contributed by atoms with E-state index >= 15 is 0 Å². The number of amides is 1.